The first kappa shape index (κ1) is 28.1. The van der Waals surface area contributed by atoms with Crippen molar-refractivity contribution in [3.63, 3.8) is 0 Å². The van der Waals surface area contributed by atoms with Crippen molar-refractivity contribution in [1.29, 1.82) is 0 Å². The van der Waals surface area contributed by atoms with Crippen LogP contribution >= 0.6 is 0 Å². The van der Waals surface area contributed by atoms with E-state index in [9.17, 15) is 30.0 Å². The molecular weight excluding hydrogens is 535 g/mol. The molecule has 0 aliphatic rings. The van der Waals surface area contributed by atoms with E-state index in [0.717, 1.165) is 16.8 Å². The molecule has 2 aromatic heterocycles. The maximum Gasteiger partial charge on any atom is 0.421 e. The molecule has 0 aliphatic heterocycles. The summed E-state index contributed by atoms with van der Waals surface area (Å²) in [4.78, 5) is 11.8. The molecule has 0 saturated heterocycles. The summed E-state index contributed by atoms with van der Waals surface area (Å²) in [5.41, 5.74) is 0.341. The Kier molecular flexibility index (Phi) is 8.24. The fourth-order valence-electron chi connectivity index (χ4n) is 3.02. The third-order valence-corrected chi connectivity index (χ3v) is 6.79. The first-order valence-corrected chi connectivity index (χ1v) is 14.2. The van der Waals surface area contributed by atoms with Gasteiger partial charge in [-0.25, -0.2) is 31.5 Å². The van der Waals surface area contributed by atoms with Crippen LogP contribution in [0.3, 0.4) is 0 Å². The van der Waals surface area contributed by atoms with Crippen LogP contribution in [-0.4, -0.2) is 51.3 Å². The Morgan fingerprint density at radius 1 is 0.973 bits per heavy atom. The van der Waals surface area contributed by atoms with E-state index < -0.39 is 37.6 Å². The van der Waals surface area contributed by atoms with Crippen LogP contribution in [0.15, 0.2) is 48.8 Å². The second kappa shape index (κ2) is 10.9. The van der Waals surface area contributed by atoms with Crippen molar-refractivity contribution in [2.45, 2.75) is 19.3 Å². The number of nitrogens with one attached hydrogen (secondary N) is 3. The highest BCUT2D eigenvalue weighted by molar-refractivity contribution is 7.92. The van der Waals surface area contributed by atoms with Crippen LogP contribution < -0.4 is 19.7 Å². The molecule has 0 fully saturated rings. The van der Waals surface area contributed by atoms with Gasteiger partial charge in [0, 0.05) is 43.8 Å². The SMILES string of the molecule is CN(c1ncccc1CNc1nc(Nc2ccc(CNS(C)(=O)=O)cc2)ncc1C(F)(F)F)S(C)(=O)=O. The summed E-state index contributed by atoms with van der Waals surface area (Å²) in [5, 5.41) is 5.41. The van der Waals surface area contributed by atoms with E-state index >= 15 is 0 Å². The quantitative estimate of drug-likeness (QED) is 0.341. The van der Waals surface area contributed by atoms with E-state index in [-0.39, 0.29) is 24.9 Å². The third kappa shape index (κ3) is 7.99. The van der Waals surface area contributed by atoms with Crippen molar-refractivity contribution in [2.75, 3.05) is 34.5 Å². The molecule has 0 radical (unpaired) electrons. The number of rotatable bonds is 10. The molecule has 37 heavy (non-hydrogen) atoms. The lowest BCUT2D eigenvalue weighted by atomic mass is 10.2. The van der Waals surface area contributed by atoms with E-state index in [4.69, 9.17) is 0 Å². The van der Waals surface area contributed by atoms with Crippen molar-refractivity contribution in [3.05, 3.63) is 65.5 Å². The molecule has 11 nitrogen and oxygen atoms in total. The van der Waals surface area contributed by atoms with Gasteiger partial charge in [-0.2, -0.15) is 18.2 Å². The lowest BCUT2D eigenvalue weighted by molar-refractivity contribution is -0.137. The largest absolute Gasteiger partial charge is 0.421 e. The van der Waals surface area contributed by atoms with Gasteiger partial charge in [-0.15, -0.1) is 0 Å². The van der Waals surface area contributed by atoms with Crippen LogP contribution in [0.2, 0.25) is 0 Å². The molecule has 0 spiro atoms. The molecular formula is C21H24F3N7O4S2. The lowest BCUT2D eigenvalue weighted by Gasteiger charge is -2.20. The van der Waals surface area contributed by atoms with E-state index in [1.807, 2.05) is 0 Å². The summed E-state index contributed by atoms with van der Waals surface area (Å²) >= 11 is 0. The predicted molar refractivity (Wildman–Crippen MR) is 133 cm³/mol. The van der Waals surface area contributed by atoms with E-state index in [0.29, 0.717) is 23.0 Å². The van der Waals surface area contributed by atoms with Crippen LogP contribution in [-0.2, 0) is 39.3 Å². The number of alkyl halides is 3. The summed E-state index contributed by atoms with van der Waals surface area (Å²) in [7, 11) is -5.73. The molecule has 2 heterocycles. The van der Waals surface area contributed by atoms with Gasteiger partial charge < -0.3 is 10.6 Å². The molecule has 0 bridgehead atoms. The minimum absolute atomic E-state index is 0.0592. The molecule has 0 unspecified atom stereocenters. The average molecular weight is 560 g/mol. The number of hydrogen-bond acceptors (Lipinski definition) is 9. The number of benzene rings is 1. The fourth-order valence-corrected chi connectivity index (χ4v) is 3.93. The minimum Gasteiger partial charge on any atom is -0.365 e. The van der Waals surface area contributed by atoms with Crippen LogP contribution in [0.1, 0.15) is 16.7 Å². The zero-order valence-corrected chi connectivity index (χ0v) is 21.5. The molecule has 200 valence electrons. The highest BCUT2D eigenvalue weighted by Gasteiger charge is 2.35. The molecule has 1 aromatic carbocycles. The monoisotopic (exact) mass is 559 g/mol. The zero-order valence-electron chi connectivity index (χ0n) is 19.9. The van der Waals surface area contributed by atoms with Gasteiger partial charge in [-0.3, -0.25) is 4.31 Å². The molecule has 0 amide bonds. The Labute approximate surface area is 212 Å². The minimum atomic E-state index is -4.75. The van der Waals surface area contributed by atoms with Gasteiger partial charge in [0.2, 0.25) is 26.0 Å². The normalized spacial score (nSPS) is 12.3. The predicted octanol–water partition coefficient (Wildman–Crippen LogP) is 2.69. The van der Waals surface area contributed by atoms with Gasteiger partial charge >= 0.3 is 6.18 Å². The maximum absolute atomic E-state index is 13.6. The standard InChI is InChI=1S/C21H24F3N7O4S2/c1-31(37(3,34)35)19-15(5-4-10-25-19)12-26-18-17(21(22,23)24)13-27-20(30-18)29-16-8-6-14(7-9-16)11-28-36(2,32)33/h4-10,13,28H,11-12H2,1-3H3,(H2,26,27,29,30). The smallest absolute Gasteiger partial charge is 0.365 e. The Morgan fingerprint density at radius 3 is 2.24 bits per heavy atom. The molecule has 3 aromatic rings. The molecule has 16 heteroatoms. The van der Waals surface area contributed by atoms with Gasteiger partial charge in [0.15, 0.2) is 0 Å². The van der Waals surface area contributed by atoms with Crippen LogP contribution in [0.25, 0.3) is 0 Å². The number of aromatic nitrogens is 3. The Balaban J connectivity index is 1.83. The van der Waals surface area contributed by atoms with Gasteiger partial charge in [-0.1, -0.05) is 18.2 Å². The van der Waals surface area contributed by atoms with Gasteiger partial charge in [-0.05, 0) is 23.8 Å². The van der Waals surface area contributed by atoms with Crippen molar-refractivity contribution in [1.82, 2.24) is 19.7 Å². The number of hydrogen-bond donors (Lipinski definition) is 3. The summed E-state index contributed by atoms with van der Waals surface area (Å²) < 4.78 is 90.4. The summed E-state index contributed by atoms with van der Waals surface area (Å²) in [5.74, 6) is -0.586. The van der Waals surface area contributed by atoms with Crippen LogP contribution in [0, 0.1) is 0 Å². The fraction of sp³-hybridized carbons (Fsp3) is 0.286. The van der Waals surface area contributed by atoms with Crippen LogP contribution in [0.4, 0.5) is 36.4 Å². The molecule has 3 N–H and O–H groups in total. The highest BCUT2D eigenvalue weighted by Crippen LogP contribution is 2.34. The lowest BCUT2D eigenvalue weighted by Crippen LogP contribution is -2.27. The van der Waals surface area contributed by atoms with Crippen molar-refractivity contribution >= 4 is 43.3 Å². The summed E-state index contributed by atoms with van der Waals surface area (Å²) in [6.45, 7) is -0.126. The maximum atomic E-state index is 13.6. The first-order chi connectivity index (χ1) is 17.1. The zero-order chi connectivity index (χ0) is 27.4. The number of anilines is 4. The molecule has 0 aliphatic carbocycles. The Hall–Kier alpha value is -3.50. The van der Waals surface area contributed by atoms with E-state index in [1.54, 1.807) is 24.3 Å². The van der Waals surface area contributed by atoms with E-state index in [1.165, 1.54) is 25.4 Å². The van der Waals surface area contributed by atoms with E-state index in [2.05, 4.69) is 30.3 Å². The average Bonchev–Trinajstić information content (AvgIpc) is 2.80. The second-order valence-corrected chi connectivity index (χ2v) is 11.8. The van der Waals surface area contributed by atoms with Crippen molar-refractivity contribution in [2.24, 2.45) is 0 Å². The number of halogens is 3. The number of pyridine rings is 1. The molecule has 0 atom stereocenters. The summed E-state index contributed by atoms with van der Waals surface area (Å²) in [6, 6.07) is 9.51. The molecule has 0 saturated carbocycles. The van der Waals surface area contributed by atoms with Crippen molar-refractivity contribution < 1.29 is 30.0 Å². The molecule has 3 rings (SSSR count). The van der Waals surface area contributed by atoms with Crippen molar-refractivity contribution in [3.8, 4) is 0 Å². The number of nitrogens with zero attached hydrogens (tertiary/aromatic N) is 4. The van der Waals surface area contributed by atoms with Crippen LogP contribution in [0.5, 0.6) is 0 Å². The van der Waals surface area contributed by atoms with Gasteiger partial charge in [0.1, 0.15) is 17.2 Å². The number of sulfonamides is 2. The Bertz CT molecular complexity index is 1470. The van der Waals surface area contributed by atoms with Gasteiger partial charge in [0.05, 0.1) is 12.5 Å². The topological polar surface area (TPSA) is 146 Å². The van der Waals surface area contributed by atoms with Gasteiger partial charge in [0.25, 0.3) is 0 Å². The summed E-state index contributed by atoms with van der Waals surface area (Å²) in [6.07, 6.45) is -0.727. The third-order valence-electron chi connectivity index (χ3n) is 4.95. The Morgan fingerprint density at radius 2 is 1.65 bits per heavy atom. The second-order valence-electron chi connectivity index (χ2n) is 7.94. The highest BCUT2D eigenvalue weighted by atomic mass is 32.2. The first-order valence-electron chi connectivity index (χ1n) is 10.5.